The van der Waals surface area contributed by atoms with Crippen LogP contribution in [0, 0.1) is 18.4 Å². The molecule has 0 aliphatic heterocycles. The number of nitrogens with two attached hydrogens (primary N) is 2. The van der Waals surface area contributed by atoms with Crippen LogP contribution in [0.4, 0.5) is 0 Å². The van der Waals surface area contributed by atoms with Crippen LogP contribution in [0.2, 0.25) is 0 Å². The number of rotatable bonds is 8. The number of imidazole rings is 1. The van der Waals surface area contributed by atoms with Gasteiger partial charge in [0.1, 0.15) is 0 Å². The van der Waals surface area contributed by atoms with E-state index < -0.39 is 0 Å². The summed E-state index contributed by atoms with van der Waals surface area (Å²) >= 11 is 1.76. The average Bonchev–Trinajstić information content (AvgIpc) is 2.92. The second kappa shape index (κ2) is 10.3. The van der Waals surface area contributed by atoms with Crippen molar-refractivity contribution in [3.8, 4) is 6.19 Å². The highest BCUT2D eigenvalue weighted by Gasteiger charge is 2.02. The first kappa shape index (κ1) is 18.6. The van der Waals surface area contributed by atoms with Crippen molar-refractivity contribution < 1.29 is 0 Å². The minimum absolute atomic E-state index is 0.176. The number of nitriles is 1. The molecule has 0 aliphatic carbocycles. The fourth-order valence-corrected chi connectivity index (χ4v) is 2.44. The van der Waals surface area contributed by atoms with Crippen molar-refractivity contribution in [3.63, 3.8) is 0 Å². The van der Waals surface area contributed by atoms with Crippen LogP contribution in [0.25, 0.3) is 0 Å². The van der Waals surface area contributed by atoms with Gasteiger partial charge >= 0.3 is 0 Å². The Morgan fingerprint density at radius 2 is 2.35 bits per heavy atom. The van der Waals surface area contributed by atoms with E-state index in [9.17, 15) is 0 Å². The molecule has 0 unspecified atom stereocenters. The van der Waals surface area contributed by atoms with E-state index in [4.69, 9.17) is 16.7 Å². The number of nitrogens with zero attached hydrogens (tertiary/aromatic N) is 5. The fraction of sp³-hybridized carbons (Fsp3) is 0.538. The Morgan fingerprint density at radius 3 is 3.00 bits per heavy atom. The van der Waals surface area contributed by atoms with E-state index in [2.05, 4.69) is 25.3 Å². The van der Waals surface area contributed by atoms with Gasteiger partial charge < -0.3 is 26.7 Å². The molecule has 0 radical (unpaired) electrons. The second-order valence-corrected chi connectivity index (χ2v) is 5.82. The van der Waals surface area contributed by atoms with Crippen LogP contribution in [0.5, 0.6) is 0 Å². The fourth-order valence-electron chi connectivity index (χ4n) is 1.59. The van der Waals surface area contributed by atoms with E-state index in [1.807, 2.05) is 6.92 Å². The lowest BCUT2D eigenvalue weighted by atomic mass is 10.4. The van der Waals surface area contributed by atoms with E-state index in [1.54, 1.807) is 36.2 Å². The third-order valence-electron chi connectivity index (χ3n) is 3.00. The first-order chi connectivity index (χ1) is 11.0. The zero-order chi connectivity index (χ0) is 17.1. The van der Waals surface area contributed by atoms with Crippen molar-refractivity contribution in [2.24, 2.45) is 21.5 Å². The van der Waals surface area contributed by atoms with Crippen LogP contribution in [-0.4, -0.2) is 59.2 Å². The standard InChI is InChI=1S/C13H23N9S/c1-10-11(21-9-20-10)7-23-6-4-18-12(15)17-3-5-22(2)13(16)19-8-14/h9H,3-7H2,1-2H3,(H2,16,19)(H,20,21)(H3,15,17,18). The van der Waals surface area contributed by atoms with Crippen LogP contribution >= 0.6 is 11.8 Å². The first-order valence-corrected chi connectivity index (χ1v) is 8.23. The maximum atomic E-state index is 8.41. The maximum Gasteiger partial charge on any atom is 0.209 e. The first-order valence-electron chi connectivity index (χ1n) is 7.08. The Hall–Kier alpha value is -2.41. The molecule has 0 atom stereocenters. The van der Waals surface area contributed by atoms with Crippen molar-refractivity contribution >= 4 is 23.7 Å². The van der Waals surface area contributed by atoms with E-state index in [0.29, 0.717) is 25.6 Å². The van der Waals surface area contributed by atoms with Gasteiger partial charge in [0.25, 0.3) is 0 Å². The van der Waals surface area contributed by atoms with Gasteiger partial charge in [-0.25, -0.2) is 4.98 Å². The van der Waals surface area contributed by atoms with E-state index >= 15 is 0 Å². The molecule has 0 saturated carbocycles. The minimum Gasteiger partial charge on any atom is -0.370 e. The summed E-state index contributed by atoms with van der Waals surface area (Å²) in [6.45, 7) is 3.78. The van der Waals surface area contributed by atoms with Gasteiger partial charge in [-0.05, 0) is 6.92 Å². The number of hydrogen-bond acceptors (Lipinski definition) is 5. The number of aromatic amines is 1. The van der Waals surface area contributed by atoms with Crippen LogP contribution in [0.3, 0.4) is 0 Å². The smallest absolute Gasteiger partial charge is 0.209 e. The number of aromatic nitrogens is 2. The number of aliphatic imine (C=N–C) groups is 2. The number of nitrogens with one attached hydrogen (secondary N) is 2. The Labute approximate surface area is 140 Å². The van der Waals surface area contributed by atoms with Crippen LogP contribution in [0.1, 0.15) is 11.4 Å². The molecule has 1 rings (SSSR count). The van der Waals surface area contributed by atoms with Crippen molar-refractivity contribution in [3.05, 3.63) is 17.7 Å². The van der Waals surface area contributed by atoms with Gasteiger partial charge in [0.05, 0.1) is 18.6 Å². The molecule has 9 nitrogen and oxygen atoms in total. The summed E-state index contributed by atoms with van der Waals surface area (Å²) in [4.78, 5) is 16.6. The Bertz CT molecular complexity index is 572. The summed E-state index contributed by atoms with van der Waals surface area (Å²) in [6.07, 6.45) is 3.35. The van der Waals surface area contributed by atoms with Crippen molar-refractivity contribution in [2.75, 3.05) is 32.4 Å². The molecule has 0 fully saturated rings. The third-order valence-corrected chi connectivity index (χ3v) is 3.95. The Kier molecular flexibility index (Phi) is 8.38. The second-order valence-electron chi connectivity index (χ2n) is 4.71. The molecule has 126 valence electrons. The lowest BCUT2D eigenvalue weighted by molar-refractivity contribution is 0.498. The number of hydrogen-bond donors (Lipinski definition) is 4. The molecule has 10 heteroatoms. The monoisotopic (exact) mass is 337 g/mol. The zero-order valence-electron chi connectivity index (χ0n) is 13.4. The molecule has 0 spiro atoms. The third kappa shape index (κ3) is 7.42. The van der Waals surface area contributed by atoms with E-state index in [-0.39, 0.29) is 5.96 Å². The normalized spacial score (nSPS) is 12.0. The summed E-state index contributed by atoms with van der Waals surface area (Å²) in [6, 6.07) is 0. The van der Waals surface area contributed by atoms with Gasteiger partial charge in [0.2, 0.25) is 12.2 Å². The highest BCUT2D eigenvalue weighted by molar-refractivity contribution is 7.98. The molecule has 1 heterocycles. The number of thioether (sulfide) groups is 1. The molecule has 23 heavy (non-hydrogen) atoms. The van der Waals surface area contributed by atoms with Crippen LogP contribution in [0.15, 0.2) is 16.3 Å². The summed E-state index contributed by atoms with van der Waals surface area (Å²) in [5.74, 6) is 2.30. The van der Waals surface area contributed by atoms with Gasteiger partial charge in [-0.2, -0.15) is 17.0 Å². The zero-order valence-corrected chi connectivity index (χ0v) is 14.2. The van der Waals surface area contributed by atoms with Gasteiger partial charge in [-0.3, -0.25) is 4.99 Å². The van der Waals surface area contributed by atoms with Crippen LogP contribution < -0.4 is 16.8 Å². The predicted octanol–water partition coefficient (Wildman–Crippen LogP) is -0.417. The predicted molar refractivity (Wildman–Crippen MR) is 93.8 cm³/mol. The lowest BCUT2D eigenvalue weighted by Crippen LogP contribution is -2.41. The van der Waals surface area contributed by atoms with Crippen molar-refractivity contribution in [1.29, 1.82) is 5.26 Å². The molecule has 1 aromatic heterocycles. The molecule has 0 aromatic carbocycles. The van der Waals surface area contributed by atoms with Gasteiger partial charge in [-0.1, -0.05) is 0 Å². The molecule has 0 amide bonds. The summed E-state index contributed by atoms with van der Waals surface area (Å²) < 4.78 is 0. The lowest BCUT2D eigenvalue weighted by Gasteiger charge is -2.17. The molecule has 1 aromatic rings. The number of aryl methyl sites for hydroxylation is 1. The Morgan fingerprint density at radius 1 is 1.57 bits per heavy atom. The highest BCUT2D eigenvalue weighted by atomic mass is 32.2. The number of guanidine groups is 2. The van der Waals surface area contributed by atoms with Crippen LogP contribution in [-0.2, 0) is 5.75 Å². The average molecular weight is 337 g/mol. The molecular weight excluding hydrogens is 314 g/mol. The maximum absolute atomic E-state index is 8.41. The quantitative estimate of drug-likeness (QED) is 0.218. The number of likely N-dealkylation sites (N-methyl/N-ethyl adjacent to an activating group) is 1. The molecule has 0 saturated heterocycles. The summed E-state index contributed by atoms with van der Waals surface area (Å²) in [7, 11) is 1.75. The van der Waals surface area contributed by atoms with Crippen molar-refractivity contribution in [2.45, 2.75) is 12.7 Å². The van der Waals surface area contributed by atoms with E-state index in [0.717, 1.165) is 22.9 Å². The molecule has 0 aliphatic rings. The summed E-state index contributed by atoms with van der Waals surface area (Å²) in [5.41, 5.74) is 13.5. The summed E-state index contributed by atoms with van der Waals surface area (Å²) in [5, 5.41) is 11.4. The van der Waals surface area contributed by atoms with Gasteiger partial charge in [0.15, 0.2) is 5.96 Å². The topological polar surface area (TPSA) is 144 Å². The van der Waals surface area contributed by atoms with Gasteiger partial charge in [0, 0.05) is 37.3 Å². The minimum atomic E-state index is 0.176. The highest BCUT2D eigenvalue weighted by Crippen LogP contribution is 2.11. The molecular formula is C13H23N9S. The largest absolute Gasteiger partial charge is 0.370 e. The van der Waals surface area contributed by atoms with Crippen molar-refractivity contribution in [1.82, 2.24) is 20.2 Å². The molecule has 6 N–H and O–H groups in total. The molecule has 0 bridgehead atoms. The van der Waals surface area contributed by atoms with Gasteiger partial charge in [-0.15, -0.1) is 4.99 Å². The SMILES string of the molecule is Cc1[nH]cnc1CSCCN=C(N)NCCN(C)C(N)=NC#N. The van der Waals surface area contributed by atoms with E-state index in [1.165, 1.54) is 0 Å². The Balaban J connectivity index is 2.14. The number of H-pyrrole nitrogens is 1.